The molecule has 1 fully saturated rings. The molecule has 2 unspecified atom stereocenters. The summed E-state index contributed by atoms with van der Waals surface area (Å²) < 4.78 is 0. The average molecular weight is 199 g/mol. The number of likely N-dealkylation sites (tertiary alicyclic amines) is 1. The molecule has 2 atom stereocenters. The summed E-state index contributed by atoms with van der Waals surface area (Å²) in [6.45, 7) is 7.86. The van der Waals surface area contributed by atoms with Gasteiger partial charge in [0.1, 0.15) is 0 Å². The number of carbonyl (C=O) groups is 1. The van der Waals surface area contributed by atoms with Crippen molar-refractivity contribution in [1.82, 2.24) is 4.90 Å². The molecule has 0 amide bonds. The lowest BCUT2D eigenvalue weighted by atomic mass is 9.90. The smallest absolute Gasteiger partial charge is 0.310 e. The summed E-state index contributed by atoms with van der Waals surface area (Å²) in [6, 6.07) is 0.529. The van der Waals surface area contributed by atoms with E-state index in [1.807, 2.05) is 6.92 Å². The molecule has 82 valence electrons. The fraction of sp³-hybridized carbons (Fsp3) is 0.909. The summed E-state index contributed by atoms with van der Waals surface area (Å²) in [5.74, 6) is -0.649. The Labute approximate surface area is 86.1 Å². The first-order valence-electron chi connectivity index (χ1n) is 5.47. The molecule has 14 heavy (non-hydrogen) atoms. The van der Waals surface area contributed by atoms with Gasteiger partial charge in [-0.05, 0) is 33.2 Å². The Morgan fingerprint density at radius 1 is 1.64 bits per heavy atom. The minimum atomic E-state index is -0.649. The molecule has 0 spiro atoms. The Hall–Kier alpha value is -0.570. The molecular formula is C11H21NO2. The number of hydrogen-bond donors (Lipinski definition) is 1. The van der Waals surface area contributed by atoms with Gasteiger partial charge in [0.25, 0.3) is 0 Å². The second-order valence-electron chi connectivity index (χ2n) is 4.72. The van der Waals surface area contributed by atoms with Crippen LogP contribution in [-0.2, 0) is 4.79 Å². The Kier molecular flexibility index (Phi) is 3.53. The van der Waals surface area contributed by atoms with Crippen LogP contribution in [0.15, 0.2) is 0 Å². The van der Waals surface area contributed by atoms with E-state index in [0.717, 1.165) is 19.4 Å². The molecule has 0 aliphatic carbocycles. The van der Waals surface area contributed by atoms with E-state index in [1.165, 1.54) is 6.42 Å². The highest BCUT2D eigenvalue weighted by molar-refractivity contribution is 5.74. The SMILES string of the molecule is CCCC(C)N1CCC(C)(C(=O)O)C1. The summed E-state index contributed by atoms with van der Waals surface area (Å²) in [4.78, 5) is 13.3. The lowest BCUT2D eigenvalue weighted by Gasteiger charge is -2.25. The van der Waals surface area contributed by atoms with Gasteiger partial charge in [-0.2, -0.15) is 0 Å². The molecule has 3 nitrogen and oxygen atoms in total. The molecule has 1 saturated heterocycles. The van der Waals surface area contributed by atoms with Crippen LogP contribution in [0.2, 0.25) is 0 Å². The van der Waals surface area contributed by atoms with Gasteiger partial charge in [0.2, 0.25) is 0 Å². The van der Waals surface area contributed by atoms with E-state index >= 15 is 0 Å². The summed E-state index contributed by atoms with van der Waals surface area (Å²) in [5, 5.41) is 9.08. The maximum absolute atomic E-state index is 11.0. The molecule has 1 aliphatic rings. The molecule has 3 heteroatoms. The van der Waals surface area contributed by atoms with Crippen LogP contribution in [0.5, 0.6) is 0 Å². The van der Waals surface area contributed by atoms with Crippen LogP contribution in [-0.4, -0.2) is 35.1 Å². The highest BCUT2D eigenvalue weighted by Crippen LogP contribution is 2.31. The molecule has 0 saturated carbocycles. The first-order chi connectivity index (χ1) is 6.49. The number of aliphatic carboxylic acids is 1. The Morgan fingerprint density at radius 2 is 2.29 bits per heavy atom. The predicted octanol–water partition coefficient (Wildman–Crippen LogP) is 1.97. The van der Waals surface area contributed by atoms with E-state index in [4.69, 9.17) is 5.11 Å². The second-order valence-corrected chi connectivity index (χ2v) is 4.72. The normalized spacial score (nSPS) is 30.5. The minimum absolute atomic E-state index is 0.512. The maximum atomic E-state index is 11.0. The van der Waals surface area contributed by atoms with Crippen molar-refractivity contribution < 1.29 is 9.90 Å². The lowest BCUT2D eigenvalue weighted by molar-refractivity contribution is -0.147. The van der Waals surface area contributed by atoms with Crippen LogP contribution in [0.1, 0.15) is 40.0 Å². The first-order valence-corrected chi connectivity index (χ1v) is 5.47. The molecule has 1 aliphatic heterocycles. The largest absolute Gasteiger partial charge is 0.481 e. The molecule has 0 bridgehead atoms. The Bertz CT molecular complexity index is 217. The molecular weight excluding hydrogens is 178 g/mol. The van der Waals surface area contributed by atoms with Crippen LogP contribution < -0.4 is 0 Å². The summed E-state index contributed by atoms with van der Waals surface area (Å²) in [5.41, 5.74) is -0.512. The maximum Gasteiger partial charge on any atom is 0.310 e. The van der Waals surface area contributed by atoms with E-state index < -0.39 is 11.4 Å². The van der Waals surface area contributed by atoms with Gasteiger partial charge in [-0.25, -0.2) is 0 Å². The van der Waals surface area contributed by atoms with E-state index in [2.05, 4.69) is 18.7 Å². The van der Waals surface area contributed by atoms with Crippen molar-refractivity contribution >= 4 is 5.97 Å². The van der Waals surface area contributed by atoms with Crippen molar-refractivity contribution in [3.8, 4) is 0 Å². The summed E-state index contributed by atoms with van der Waals surface area (Å²) >= 11 is 0. The van der Waals surface area contributed by atoms with Gasteiger partial charge < -0.3 is 5.11 Å². The molecule has 0 aromatic carbocycles. The zero-order chi connectivity index (χ0) is 10.8. The predicted molar refractivity (Wildman–Crippen MR) is 56.3 cm³/mol. The summed E-state index contributed by atoms with van der Waals surface area (Å²) in [7, 11) is 0. The second kappa shape index (κ2) is 4.30. The minimum Gasteiger partial charge on any atom is -0.481 e. The van der Waals surface area contributed by atoms with Crippen molar-refractivity contribution in [3.05, 3.63) is 0 Å². The zero-order valence-corrected chi connectivity index (χ0v) is 9.42. The first kappa shape index (κ1) is 11.5. The lowest BCUT2D eigenvalue weighted by Crippen LogP contribution is -2.36. The van der Waals surface area contributed by atoms with E-state index in [1.54, 1.807) is 0 Å². The quantitative estimate of drug-likeness (QED) is 0.752. The van der Waals surface area contributed by atoms with Crippen LogP contribution in [0.3, 0.4) is 0 Å². The topological polar surface area (TPSA) is 40.5 Å². The highest BCUT2D eigenvalue weighted by atomic mass is 16.4. The molecule has 0 aromatic heterocycles. The third-order valence-electron chi connectivity index (χ3n) is 3.35. The number of rotatable bonds is 4. The monoisotopic (exact) mass is 199 g/mol. The van der Waals surface area contributed by atoms with Gasteiger partial charge in [-0.1, -0.05) is 13.3 Å². The van der Waals surface area contributed by atoms with Crippen molar-refractivity contribution in [3.63, 3.8) is 0 Å². The van der Waals surface area contributed by atoms with Gasteiger partial charge in [0, 0.05) is 12.6 Å². The van der Waals surface area contributed by atoms with Crippen LogP contribution in [0.25, 0.3) is 0 Å². The third-order valence-corrected chi connectivity index (χ3v) is 3.35. The fourth-order valence-electron chi connectivity index (χ4n) is 2.15. The van der Waals surface area contributed by atoms with Gasteiger partial charge in [0.05, 0.1) is 5.41 Å². The van der Waals surface area contributed by atoms with Crippen LogP contribution in [0, 0.1) is 5.41 Å². The molecule has 1 heterocycles. The van der Waals surface area contributed by atoms with Crippen molar-refractivity contribution in [1.29, 1.82) is 0 Å². The number of carboxylic acid groups (broad SMARTS) is 1. The molecule has 0 radical (unpaired) electrons. The van der Waals surface area contributed by atoms with Gasteiger partial charge in [0.15, 0.2) is 0 Å². The molecule has 0 aromatic rings. The van der Waals surface area contributed by atoms with Crippen LogP contribution in [0.4, 0.5) is 0 Å². The average Bonchev–Trinajstić information content (AvgIpc) is 2.50. The van der Waals surface area contributed by atoms with Gasteiger partial charge in [-0.3, -0.25) is 9.69 Å². The van der Waals surface area contributed by atoms with Crippen molar-refractivity contribution in [2.24, 2.45) is 5.41 Å². The highest BCUT2D eigenvalue weighted by Gasteiger charge is 2.41. The Balaban J connectivity index is 2.52. The van der Waals surface area contributed by atoms with Gasteiger partial charge >= 0.3 is 5.97 Å². The third kappa shape index (κ3) is 2.27. The van der Waals surface area contributed by atoms with Crippen LogP contribution >= 0.6 is 0 Å². The molecule has 1 rings (SSSR count). The Morgan fingerprint density at radius 3 is 2.71 bits per heavy atom. The van der Waals surface area contributed by atoms with E-state index in [-0.39, 0.29) is 0 Å². The van der Waals surface area contributed by atoms with Crippen molar-refractivity contribution in [2.75, 3.05) is 13.1 Å². The zero-order valence-electron chi connectivity index (χ0n) is 9.42. The standard InChI is InChI=1S/C11H21NO2/c1-4-5-9(2)12-7-6-11(3,8-12)10(13)14/h9H,4-8H2,1-3H3,(H,13,14). The van der Waals surface area contributed by atoms with Crippen molar-refractivity contribution in [2.45, 2.75) is 46.1 Å². The molecule has 1 N–H and O–H groups in total. The van der Waals surface area contributed by atoms with E-state index in [0.29, 0.717) is 12.6 Å². The number of carboxylic acids is 1. The summed E-state index contributed by atoms with van der Waals surface area (Å²) in [6.07, 6.45) is 3.12. The van der Waals surface area contributed by atoms with E-state index in [9.17, 15) is 4.79 Å². The van der Waals surface area contributed by atoms with Gasteiger partial charge in [-0.15, -0.1) is 0 Å². The fourth-order valence-corrected chi connectivity index (χ4v) is 2.15. The number of hydrogen-bond acceptors (Lipinski definition) is 2. The number of nitrogens with zero attached hydrogens (tertiary/aromatic N) is 1.